The molecule has 0 amide bonds. The highest BCUT2D eigenvalue weighted by atomic mass is 14.9. The molecule has 0 aromatic rings. The molecular weight excluding hydrogens is 222 g/mol. The zero-order valence-electron chi connectivity index (χ0n) is 12.1. The lowest BCUT2D eigenvalue weighted by Crippen LogP contribution is -2.31. The van der Waals surface area contributed by atoms with Gasteiger partial charge in [-0.1, -0.05) is 38.2 Å². The Morgan fingerprint density at radius 2 is 1.28 bits per heavy atom. The van der Waals surface area contributed by atoms with Gasteiger partial charge >= 0.3 is 0 Å². The first-order valence-corrected chi connectivity index (χ1v) is 7.64. The molecular formula is C15H33N3. The van der Waals surface area contributed by atoms with Crippen LogP contribution in [0.2, 0.25) is 0 Å². The molecule has 18 heavy (non-hydrogen) atoms. The van der Waals surface area contributed by atoms with E-state index in [-0.39, 0.29) is 0 Å². The Kier molecular flexibility index (Phi) is 16.3. The summed E-state index contributed by atoms with van der Waals surface area (Å²) in [6.45, 7) is 8.63. The van der Waals surface area contributed by atoms with E-state index >= 15 is 0 Å². The zero-order valence-corrected chi connectivity index (χ0v) is 12.1. The average molecular weight is 255 g/mol. The molecule has 4 N–H and O–H groups in total. The van der Waals surface area contributed by atoms with Crippen molar-refractivity contribution in [2.24, 2.45) is 5.73 Å². The van der Waals surface area contributed by atoms with Crippen LogP contribution in [-0.2, 0) is 0 Å². The van der Waals surface area contributed by atoms with E-state index in [0.29, 0.717) is 0 Å². The van der Waals surface area contributed by atoms with Crippen molar-refractivity contribution in [1.29, 1.82) is 0 Å². The van der Waals surface area contributed by atoms with Crippen molar-refractivity contribution in [3.05, 3.63) is 12.7 Å². The highest BCUT2D eigenvalue weighted by Crippen LogP contribution is 2.08. The predicted octanol–water partition coefficient (Wildman–Crippen LogP) is 2.43. The maximum Gasteiger partial charge on any atom is 0.00772 e. The Hall–Kier alpha value is -0.380. The normalized spacial score (nSPS) is 10.7. The van der Waals surface area contributed by atoms with Gasteiger partial charge in [-0.2, -0.15) is 0 Å². The lowest BCUT2D eigenvalue weighted by atomic mass is 10.1. The maximum atomic E-state index is 5.39. The number of unbranched alkanes of at least 4 members (excludes halogenated alkanes) is 7. The van der Waals surface area contributed by atoms with Crippen LogP contribution in [0.3, 0.4) is 0 Å². The summed E-state index contributed by atoms with van der Waals surface area (Å²) < 4.78 is 0. The Morgan fingerprint density at radius 1 is 0.722 bits per heavy atom. The van der Waals surface area contributed by atoms with Gasteiger partial charge in [0.25, 0.3) is 0 Å². The van der Waals surface area contributed by atoms with E-state index in [4.69, 9.17) is 5.73 Å². The topological polar surface area (TPSA) is 50.1 Å². The minimum atomic E-state index is 0.729. The summed E-state index contributed by atoms with van der Waals surface area (Å²) in [5, 5.41) is 6.72. The van der Waals surface area contributed by atoms with Crippen LogP contribution in [0.1, 0.15) is 51.4 Å². The Labute approximate surface area is 114 Å². The molecule has 0 spiro atoms. The standard InChI is InChI=1S/C15H33N3/c1-2-3-4-5-6-7-8-9-10-12-17-14-15-18-13-11-16/h2,17-18H,1,3-16H2. The molecule has 0 aliphatic heterocycles. The molecule has 0 aliphatic rings. The number of nitrogens with one attached hydrogen (secondary N) is 2. The average Bonchev–Trinajstić information content (AvgIpc) is 2.39. The first kappa shape index (κ1) is 17.6. The van der Waals surface area contributed by atoms with Gasteiger partial charge in [0.15, 0.2) is 0 Å². The maximum absolute atomic E-state index is 5.39. The molecule has 0 saturated heterocycles. The summed E-state index contributed by atoms with van der Waals surface area (Å²) in [6, 6.07) is 0. The fourth-order valence-electron chi connectivity index (χ4n) is 1.95. The molecule has 0 unspecified atom stereocenters. The van der Waals surface area contributed by atoms with Crippen LogP contribution in [0.5, 0.6) is 0 Å². The number of allylic oxidation sites excluding steroid dienone is 1. The van der Waals surface area contributed by atoms with Gasteiger partial charge < -0.3 is 16.4 Å². The molecule has 0 aliphatic carbocycles. The molecule has 108 valence electrons. The Morgan fingerprint density at radius 3 is 1.89 bits per heavy atom. The molecule has 0 radical (unpaired) electrons. The quantitative estimate of drug-likeness (QED) is 0.311. The molecule has 0 bridgehead atoms. The zero-order chi connectivity index (χ0) is 13.3. The fraction of sp³-hybridized carbons (Fsp3) is 0.867. The minimum Gasteiger partial charge on any atom is -0.329 e. The smallest absolute Gasteiger partial charge is 0.00772 e. The first-order chi connectivity index (χ1) is 8.91. The largest absolute Gasteiger partial charge is 0.329 e. The highest BCUT2D eigenvalue weighted by Gasteiger charge is 1.92. The van der Waals surface area contributed by atoms with Crippen LogP contribution in [0.15, 0.2) is 12.7 Å². The van der Waals surface area contributed by atoms with Gasteiger partial charge in [-0.3, -0.25) is 0 Å². The SMILES string of the molecule is C=CCCCCCCCCCNCCNCCN. The summed E-state index contributed by atoms with van der Waals surface area (Å²) in [7, 11) is 0. The minimum absolute atomic E-state index is 0.729. The van der Waals surface area contributed by atoms with Crippen LogP contribution in [0, 0.1) is 0 Å². The lowest BCUT2D eigenvalue weighted by molar-refractivity contribution is 0.550. The third-order valence-corrected chi connectivity index (χ3v) is 3.06. The second kappa shape index (κ2) is 16.6. The van der Waals surface area contributed by atoms with E-state index in [2.05, 4.69) is 17.2 Å². The molecule has 0 aromatic heterocycles. The summed E-state index contributed by atoms with van der Waals surface area (Å²) in [4.78, 5) is 0. The van der Waals surface area contributed by atoms with E-state index in [1.165, 1.54) is 51.4 Å². The fourth-order valence-corrected chi connectivity index (χ4v) is 1.95. The van der Waals surface area contributed by atoms with E-state index in [0.717, 1.165) is 32.7 Å². The van der Waals surface area contributed by atoms with Gasteiger partial charge in [0, 0.05) is 26.2 Å². The van der Waals surface area contributed by atoms with Crippen LogP contribution in [0.4, 0.5) is 0 Å². The number of rotatable bonds is 15. The molecule has 0 aromatic carbocycles. The molecule has 0 fully saturated rings. The molecule has 3 nitrogen and oxygen atoms in total. The summed E-state index contributed by atoms with van der Waals surface area (Å²) in [5.41, 5.74) is 5.39. The predicted molar refractivity (Wildman–Crippen MR) is 81.9 cm³/mol. The third-order valence-electron chi connectivity index (χ3n) is 3.06. The van der Waals surface area contributed by atoms with Gasteiger partial charge in [0.2, 0.25) is 0 Å². The van der Waals surface area contributed by atoms with Crippen LogP contribution in [0.25, 0.3) is 0 Å². The van der Waals surface area contributed by atoms with Crippen molar-refractivity contribution in [3.63, 3.8) is 0 Å². The van der Waals surface area contributed by atoms with Crippen molar-refractivity contribution < 1.29 is 0 Å². The van der Waals surface area contributed by atoms with Crippen molar-refractivity contribution in [1.82, 2.24) is 10.6 Å². The Balaban J connectivity index is 2.88. The van der Waals surface area contributed by atoms with Crippen LogP contribution in [-0.4, -0.2) is 32.7 Å². The van der Waals surface area contributed by atoms with E-state index in [1.54, 1.807) is 0 Å². The van der Waals surface area contributed by atoms with Crippen molar-refractivity contribution in [2.75, 3.05) is 32.7 Å². The van der Waals surface area contributed by atoms with Gasteiger partial charge in [-0.15, -0.1) is 6.58 Å². The molecule has 0 heterocycles. The Bertz CT molecular complexity index is 160. The van der Waals surface area contributed by atoms with E-state index < -0.39 is 0 Å². The second-order valence-electron chi connectivity index (χ2n) is 4.84. The van der Waals surface area contributed by atoms with Gasteiger partial charge in [-0.25, -0.2) is 0 Å². The molecule has 0 atom stereocenters. The number of nitrogens with two attached hydrogens (primary N) is 1. The second-order valence-corrected chi connectivity index (χ2v) is 4.84. The van der Waals surface area contributed by atoms with E-state index in [1.807, 2.05) is 6.08 Å². The van der Waals surface area contributed by atoms with Crippen LogP contribution < -0.4 is 16.4 Å². The van der Waals surface area contributed by atoms with Crippen molar-refractivity contribution in [3.8, 4) is 0 Å². The number of hydrogen-bond acceptors (Lipinski definition) is 3. The monoisotopic (exact) mass is 255 g/mol. The molecule has 0 rings (SSSR count). The molecule has 0 saturated carbocycles. The summed E-state index contributed by atoms with van der Waals surface area (Å²) in [5.74, 6) is 0. The van der Waals surface area contributed by atoms with Gasteiger partial charge in [0.1, 0.15) is 0 Å². The third kappa shape index (κ3) is 15.6. The first-order valence-electron chi connectivity index (χ1n) is 7.64. The van der Waals surface area contributed by atoms with E-state index in [9.17, 15) is 0 Å². The molecule has 3 heteroatoms. The van der Waals surface area contributed by atoms with Crippen LogP contribution >= 0.6 is 0 Å². The summed E-state index contributed by atoms with van der Waals surface area (Å²) >= 11 is 0. The highest BCUT2D eigenvalue weighted by molar-refractivity contribution is 4.65. The van der Waals surface area contributed by atoms with Crippen molar-refractivity contribution in [2.45, 2.75) is 51.4 Å². The van der Waals surface area contributed by atoms with Gasteiger partial charge in [0.05, 0.1) is 0 Å². The summed E-state index contributed by atoms with van der Waals surface area (Å²) in [6.07, 6.45) is 12.8. The van der Waals surface area contributed by atoms with Crippen molar-refractivity contribution >= 4 is 0 Å². The van der Waals surface area contributed by atoms with Gasteiger partial charge in [-0.05, 0) is 25.8 Å². The lowest BCUT2D eigenvalue weighted by Gasteiger charge is -2.05. The number of hydrogen-bond donors (Lipinski definition) is 3.